The van der Waals surface area contributed by atoms with Crippen molar-refractivity contribution in [3.05, 3.63) is 29.3 Å². The molecule has 0 fully saturated rings. The van der Waals surface area contributed by atoms with Crippen LogP contribution in [0.5, 0.6) is 0 Å². The van der Waals surface area contributed by atoms with Crippen molar-refractivity contribution in [2.75, 3.05) is 11.3 Å². The molecule has 1 aromatic rings. The number of hydrogen-bond donors (Lipinski definition) is 4. The average Bonchev–Trinajstić information content (AvgIpc) is 2.27. The summed E-state index contributed by atoms with van der Waals surface area (Å²) >= 11 is -2.21. The Hall–Kier alpha value is -1.02. The second-order valence-electron chi connectivity index (χ2n) is 3.15. The van der Waals surface area contributed by atoms with Crippen molar-refractivity contribution in [3.8, 4) is 0 Å². The predicted molar refractivity (Wildman–Crippen MR) is 59.7 cm³/mol. The minimum absolute atomic E-state index is 0.0430. The van der Waals surface area contributed by atoms with Gasteiger partial charge in [-0.25, -0.2) is 8.60 Å². The molecule has 0 aliphatic rings. The number of halogens is 1. The van der Waals surface area contributed by atoms with Gasteiger partial charge in [-0.1, -0.05) is 6.07 Å². The molecule has 1 aromatic carbocycles. The molecule has 0 amide bonds. The van der Waals surface area contributed by atoms with Gasteiger partial charge in [-0.2, -0.15) is 0 Å². The van der Waals surface area contributed by atoms with E-state index in [1.807, 2.05) is 0 Å². The van der Waals surface area contributed by atoms with Gasteiger partial charge in [0.2, 0.25) is 0 Å². The second kappa shape index (κ2) is 5.90. The molecule has 7 heteroatoms. The SMILES string of the molecule is NCC(O)c1cc(NS(=O)O)ccc1CF. The van der Waals surface area contributed by atoms with E-state index >= 15 is 0 Å². The van der Waals surface area contributed by atoms with Crippen molar-refractivity contribution in [1.29, 1.82) is 0 Å². The van der Waals surface area contributed by atoms with Crippen LogP contribution in [0, 0.1) is 0 Å². The summed E-state index contributed by atoms with van der Waals surface area (Å²) in [7, 11) is 0. The smallest absolute Gasteiger partial charge is 0.259 e. The molecular weight excluding hydrogens is 235 g/mol. The number of hydrogen-bond acceptors (Lipinski definition) is 3. The Morgan fingerprint density at radius 1 is 1.56 bits per heavy atom. The summed E-state index contributed by atoms with van der Waals surface area (Å²) in [4.78, 5) is 0. The summed E-state index contributed by atoms with van der Waals surface area (Å²) in [6, 6.07) is 4.29. The maximum atomic E-state index is 12.6. The van der Waals surface area contributed by atoms with Crippen LogP contribution in [0.1, 0.15) is 17.2 Å². The Morgan fingerprint density at radius 3 is 2.75 bits per heavy atom. The molecule has 16 heavy (non-hydrogen) atoms. The number of benzene rings is 1. The van der Waals surface area contributed by atoms with E-state index in [4.69, 9.17) is 10.3 Å². The molecule has 2 atom stereocenters. The summed E-state index contributed by atoms with van der Waals surface area (Å²) in [6.07, 6.45) is -0.986. The van der Waals surface area contributed by atoms with E-state index in [1.54, 1.807) is 0 Å². The maximum Gasteiger partial charge on any atom is 0.259 e. The van der Waals surface area contributed by atoms with Gasteiger partial charge in [0, 0.05) is 12.2 Å². The van der Waals surface area contributed by atoms with Crippen LogP contribution in [0.4, 0.5) is 10.1 Å². The van der Waals surface area contributed by atoms with Gasteiger partial charge in [-0.15, -0.1) is 0 Å². The zero-order chi connectivity index (χ0) is 12.1. The molecule has 5 N–H and O–H groups in total. The van der Waals surface area contributed by atoms with Gasteiger partial charge in [-0.05, 0) is 23.3 Å². The van der Waals surface area contributed by atoms with Crippen LogP contribution in [-0.4, -0.2) is 20.4 Å². The summed E-state index contributed by atoms with van der Waals surface area (Å²) in [6.45, 7) is -0.770. The van der Waals surface area contributed by atoms with Crippen molar-refractivity contribution >= 4 is 17.0 Å². The number of aliphatic hydroxyl groups excluding tert-OH is 1. The zero-order valence-electron chi connectivity index (χ0n) is 8.39. The topological polar surface area (TPSA) is 95.6 Å². The molecule has 0 heterocycles. The van der Waals surface area contributed by atoms with E-state index in [9.17, 15) is 13.7 Å². The minimum Gasteiger partial charge on any atom is -0.387 e. The van der Waals surface area contributed by atoms with Gasteiger partial charge >= 0.3 is 0 Å². The average molecular weight is 248 g/mol. The number of anilines is 1. The van der Waals surface area contributed by atoms with Crippen LogP contribution < -0.4 is 10.5 Å². The standard InChI is InChI=1S/C9H13FN2O3S/c10-4-6-1-2-7(12-16(14)15)3-8(6)9(13)5-11/h1-3,9,12-13H,4-5,11H2,(H,14,15). The summed E-state index contributed by atoms with van der Waals surface area (Å²) in [5.41, 5.74) is 6.23. The molecule has 0 saturated heterocycles. The fraction of sp³-hybridized carbons (Fsp3) is 0.333. The van der Waals surface area contributed by atoms with Gasteiger partial charge in [0.25, 0.3) is 11.3 Å². The van der Waals surface area contributed by atoms with Crippen molar-refractivity contribution in [1.82, 2.24) is 0 Å². The van der Waals surface area contributed by atoms with E-state index in [0.29, 0.717) is 16.8 Å². The first-order chi connectivity index (χ1) is 7.58. The highest BCUT2D eigenvalue weighted by atomic mass is 32.2. The fourth-order valence-electron chi connectivity index (χ4n) is 1.32. The molecule has 2 unspecified atom stereocenters. The predicted octanol–water partition coefficient (Wildman–Crippen LogP) is 0.697. The third-order valence-electron chi connectivity index (χ3n) is 2.08. The lowest BCUT2D eigenvalue weighted by Gasteiger charge is -2.13. The van der Waals surface area contributed by atoms with Gasteiger partial charge in [0.15, 0.2) is 0 Å². The van der Waals surface area contributed by atoms with Crippen LogP contribution in [0.25, 0.3) is 0 Å². The molecule has 0 saturated carbocycles. The Balaban J connectivity index is 3.05. The molecule has 90 valence electrons. The second-order valence-corrected chi connectivity index (χ2v) is 3.85. The molecule has 1 rings (SSSR count). The molecular formula is C9H13FN2O3S. The first-order valence-electron chi connectivity index (χ1n) is 4.53. The first kappa shape index (κ1) is 13.0. The van der Waals surface area contributed by atoms with E-state index in [0.717, 1.165) is 0 Å². The van der Waals surface area contributed by atoms with Crippen LogP contribution in [0.15, 0.2) is 18.2 Å². The van der Waals surface area contributed by atoms with Gasteiger partial charge in [0.05, 0.1) is 6.10 Å². The normalized spacial score (nSPS) is 14.5. The van der Waals surface area contributed by atoms with Crippen LogP contribution in [0.2, 0.25) is 0 Å². The summed E-state index contributed by atoms with van der Waals surface area (Å²) in [5, 5.41) is 9.54. The fourth-order valence-corrected chi connectivity index (χ4v) is 1.65. The van der Waals surface area contributed by atoms with Crippen molar-refractivity contribution in [2.24, 2.45) is 5.73 Å². The molecule has 0 aromatic heterocycles. The van der Waals surface area contributed by atoms with Gasteiger partial charge in [0.1, 0.15) is 6.67 Å². The lowest BCUT2D eigenvalue weighted by molar-refractivity contribution is 0.184. The Labute approximate surface area is 94.9 Å². The number of aliphatic hydroxyl groups is 1. The van der Waals surface area contributed by atoms with Crippen molar-refractivity contribution < 1.29 is 18.3 Å². The molecule has 0 radical (unpaired) electrons. The Morgan fingerprint density at radius 2 is 2.25 bits per heavy atom. The third-order valence-corrected chi connectivity index (χ3v) is 2.49. The molecule has 5 nitrogen and oxygen atoms in total. The largest absolute Gasteiger partial charge is 0.387 e. The monoisotopic (exact) mass is 248 g/mol. The van der Waals surface area contributed by atoms with Gasteiger partial charge in [-0.3, -0.25) is 9.27 Å². The van der Waals surface area contributed by atoms with E-state index in [2.05, 4.69) is 4.72 Å². The lowest BCUT2D eigenvalue weighted by Crippen LogP contribution is -2.14. The minimum atomic E-state index is -2.21. The quantitative estimate of drug-likeness (QED) is 0.577. The number of nitrogens with one attached hydrogen (secondary N) is 1. The van der Waals surface area contributed by atoms with Crippen LogP contribution in [-0.2, 0) is 17.9 Å². The molecule has 0 aliphatic heterocycles. The van der Waals surface area contributed by atoms with Crippen LogP contribution in [0.3, 0.4) is 0 Å². The number of alkyl halides is 1. The summed E-state index contributed by atoms with van der Waals surface area (Å²) < 4.78 is 34.0. The maximum absolute atomic E-state index is 12.6. The molecule has 0 spiro atoms. The highest BCUT2D eigenvalue weighted by molar-refractivity contribution is 7.80. The van der Waals surface area contributed by atoms with Gasteiger partial charge < -0.3 is 10.8 Å². The summed E-state index contributed by atoms with van der Waals surface area (Å²) in [5.74, 6) is 0. The molecule has 0 bridgehead atoms. The van der Waals surface area contributed by atoms with E-state index in [1.165, 1.54) is 18.2 Å². The Kier molecular flexibility index (Phi) is 4.81. The highest BCUT2D eigenvalue weighted by Crippen LogP contribution is 2.23. The van der Waals surface area contributed by atoms with Crippen molar-refractivity contribution in [3.63, 3.8) is 0 Å². The highest BCUT2D eigenvalue weighted by Gasteiger charge is 2.12. The first-order valence-corrected chi connectivity index (χ1v) is 5.63. The van der Waals surface area contributed by atoms with E-state index < -0.39 is 24.0 Å². The third kappa shape index (κ3) is 3.24. The Bertz CT molecular complexity index is 389. The number of rotatable bonds is 5. The van der Waals surface area contributed by atoms with Crippen molar-refractivity contribution in [2.45, 2.75) is 12.8 Å². The molecule has 0 aliphatic carbocycles. The van der Waals surface area contributed by atoms with Crippen LogP contribution >= 0.6 is 0 Å². The van der Waals surface area contributed by atoms with E-state index in [-0.39, 0.29) is 6.54 Å². The lowest BCUT2D eigenvalue weighted by atomic mass is 10.0. The zero-order valence-corrected chi connectivity index (χ0v) is 9.21. The number of nitrogens with two attached hydrogens (primary N) is 1.